The first-order chi connectivity index (χ1) is 22.2. The largest absolute Gasteiger partial charge is 0.489 e. The third kappa shape index (κ3) is 10.8. The minimum absolute atomic E-state index is 0.0170. The lowest BCUT2D eigenvalue weighted by atomic mass is 9.93. The van der Waals surface area contributed by atoms with Gasteiger partial charge in [0.25, 0.3) is 0 Å². The van der Waals surface area contributed by atoms with Gasteiger partial charge in [-0.25, -0.2) is 4.79 Å². The van der Waals surface area contributed by atoms with E-state index in [4.69, 9.17) is 18.6 Å². The van der Waals surface area contributed by atoms with E-state index in [0.29, 0.717) is 25.3 Å². The van der Waals surface area contributed by atoms with E-state index < -0.39 is 8.32 Å². The van der Waals surface area contributed by atoms with Crippen molar-refractivity contribution >= 4 is 14.3 Å². The van der Waals surface area contributed by atoms with Crippen molar-refractivity contribution in [2.75, 3.05) is 13.7 Å². The van der Waals surface area contributed by atoms with Crippen LogP contribution in [0.25, 0.3) is 0 Å². The standard InChI is InChI=1S/C40H51NO5Si/c1-39(2,3)47(7,8)46-37(27-41-40(4,5)26-32-20-15-21-33(22-32)38(42)43-6)34-23-35(44-28-30-16-11-9-12-17-30)25-36(24-34)45-29-31-18-13-10-14-19-31/h9-25,37,41H,26-29H2,1-8H3/t37-/m0/s1. The van der Waals surface area contributed by atoms with E-state index in [2.05, 4.69) is 89.4 Å². The van der Waals surface area contributed by atoms with Gasteiger partial charge in [0.2, 0.25) is 0 Å². The van der Waals surface area contributed by atoms with Crippen LogP contribution in [0, 0.1) is 0 Å². The zero-order valence-corrected chi connectivity index (χ0v) is 30.3. The molecule has 250 valence electrons. The fraction of sp³-hybridized carbons (Fsp3) is 0.375. The van der Waals surface area contributed by atoms with E-state index in [1.807, 2.05) is 60.7 Å². The van der Waals surface area contributed by atoms with Crippen LogP contribution in [0.1, 0.15) is 73.3 Å². The number of hydrogen-bond acceptors (Lipinski definition) is 6. The van der Waals surface area contributed by atoms with Crippen LogP contribution >= 0.6 is 0 Å². The van der Waals surface area contributed by atoms with Crippen LogP contribution in [-0.2, 0) is 28.8 Å². The fourth-order valence-corrected chi connectivity index (χ4v) is 6.34. The van der Waals surface area contributed by atoms with Crippen LogP contribution < -0.4 is 14.8 Å². The molecule has 4 rings (SSSR count). The van der Waals surface area contributed by atoms with Gasteiger partial charge in [0, 0.05) is 18.2 Å². The van der Waals surface area contributed by atoms with Gasteiger partial charge in [-0.3, -0.25) is 0 Å². The van der Waals surface area contributed by atoms with Crippen molar-refractivity contribution in [3.8, 4) is 11.5 Å². The highest BCUT2D eigenvalue weighted by atomic mass is 28.4. The van der Waals surface area contributed by atoms with Gasteiger partial charge in [-0.05, 0) is 84.9 Å². The van der Waals surface area contributed by atoms with Gasteiger partial charge in [0.15, 0.2) is 8.32 Å². The first-order valence-electron chi connectivity index (χ1n) is 16.3. The first-order valence-corrected chi connectivity index (χ1v) is 19.2. The Labute approximate surface area is 282 Å². The molecule has 0 unspecified atom stereocenters. The molecule has 0 aliphatic heterocycles. The Morgan fingerprint density at radius 1 is 0.723 bits per heavy atom. The molecule has 7 heteroatoms. The number of hydrogen-bond donors (Lipinski definition) is 1. The summed E-state index contributed by atoms with van der Waals surface area (Å²) in [4.78, 5) is 12.2. The van der Waals surface area contributed by atoms with Gasteiger partial charge >= 0.3 is 5.97 Å². The van der Waals surface area contributed by atoms with E-state index in [1.54, 1.807) is 6.07 Å². The van der Waals surface area contributed by atoms with Crippen molar-refractivity contribution in [2.45, 2.75) is 84.0 Å². The van der Waals surface area contributed by atoms with Crippen LogP contribution in [0.2, 0.25) is 18.1 Å². The van der Waals surface area contributed by atoms with Crippen LogP contribution in [0.3, 0.4) is 0 Å². The Hall–Kier alpha value is -3.91. The second-order valence-corrected chi connectivity index (χ2v) is 19.0. The Kier molecular flexibility index (Phi) is 12.1. The summed E-state index contributed by atoms with van der Waals surface area (Å²) >= 11 is 0. The minimum Gasteiger partial charge on any atom is -0.489 e. The molecule has 0 fully saturated rings. The maximum Gasteiger partial charge on any atom is 0.337 e. The molecule has 0 saturated carbocycles. The summed E-state index contributed by atoms with van der Waals surface area (Å²) in [5, 5.41) is 3.81. The van der Waals surface area contributed by atoms with Gasteiger partial charge in [-0.15, -0.1) is 0 Å². The zero-order valence-electron chi connectivity index (χ0n) is 29.3. The van der Waals surface area contributed by atoms with Gasteiger partial charge in [0.05, 0.1) is 18.8 Å². The quantitative estimate of drug-likeness (QED) is 0.102. The van der Waals surface area contributed by atoms with Crippen molar-refractivity contribution in [1.82, 2.24) is 5.32 Å². The molecule has 0 saturated heterocycles. The molecule has 0 amide bonds. The number of rotatable bonds is 15. The number of esters is 1. The van der Waals surface area contributed by atoms with Gasteiger partial charge in [-0.2, -0.15) is 0 Å². The Bertz CT molecular complexity index is 1520. The number of carbonyl (C=O) groups excluding carboxylic acids is 1. The molecule has 0 radical (unpaired) electrons. The average molecular weight is 654 g/mol. The van der Waals surface area contributed by atoms with E-state index >= 15 is 0 Å². The highest BCUT2D eigenvalue weighted by Gasteiger charge is 2.40. The molecule has 1 atom stereocenters. The molecule has 0 spiro atoms. The molecule has 6 nitrogen and oxygen atoms in total. The molecule has 0 bridgehead atoms. The zero-order chi connectivity index (χ0) is 34.1. The van der Waals surface area contributed by atoms with Crippen molar-refractivity contribution in [3.63, 3.8) is 0 Å². The summed E-state index contributed by atoms with van der Waals surface area (Å²) in [5.74, 6) is 1.13. The highest BCUT2D eigenvalue weighted by Crippen LogP contribution is 2.41. The number of benzene rings is 4. The van der Waals surface area contributed by atoms with Crippen LogP contribution in [0.5, 0.6) is 11.5 Å². The molecule has 4 aromatic carbocycles. The Morgan fingerprint density at radius 3 is 1.77 bits per heavy atom. The number of ether oxygens (including phenoxy) is 3. The third-order valence-corrected chi connectivity index (χ3v) is 13.3. The van der Waals surface area contributed by atoms with E-state index in [9.17, 15) is 4.79 Å². The predicted octanol–water partition coefficient (Wildman–Crippen LogP) is 9.31. The summed E-state index contributed by atoms with van der Waals surface area (Å²) in [5.41, 5.74) is 4.50. The molecule has 0 aliphatic rings. The Balaban J connectivity index is 1.63. The average Bonchev–Trinajstić information content (AvgIpc) is 3.04. The molecule has 4 aromatic rings. The minimum atomic E-state index is -2.20. The first kappa shape index (κ1) is 35.9. The summed E-state index contributed by atoms with van der Waals surface area (Å²) < 4.78 is 24.8. The smallest absolute Gasteiger partial charge is 0.337 e. The SMILES string of the molecule is COC(=O)c1cccc(CC(C)(C)NC[C@H](O[Si](C)(C)C(C)(C)C)c2cc(OCc3ccccc3)cc(OCc3ccccc3)c2)c1. The van der Waals surface area contributed by atoms with E-state index in [-0.39, 0.29) is 22.7 Å². The lowest BCUT2D eigenvalue weighted by Gasteiger charge is -2.40. The fourth-order valence-electron chi connectivity index (χ4n) is 5.06. The second kappa shape index (κ2) is 15.8. The normalized spacial score (nSPS) is 12.8. The maximum absolute atomic E-state index is 12.2. The number of carbonyl (C=O) groups is 1. The van der Waals surface area contributed by atoms with E-state index in [0.717, 1.165) is 40.2 Å². The summed E-state index contributed by atoms with van der Waals surface area (Å²) in [6, 6.07) is 34.1. The van der Waals surface area contributed by atoms with E-state index in [1.165, 1.54) is 7.11 Å². The lowest BCUT2D eigenvalue weighted by Crippen LogP contribution is -2.47. The summed E-state index contributed by atoms with van der Waals surface area (Å²) in [7, 11) is -0.790. The molecule has 0 aliphatic carbocycles. The topological polar surface area (TPSA) is 66.0 Å². The summed E-state index contributed by atoms with van der Waals surface area (Å²) in [6.45, 7) is 17.2. The van der Waals surface area contributed by atoms with Crippen LogP contribution in [0.4, 0.5) is 0 Å². The highest BCUT2D eigenvalue weighted by molar-refractivity contribution is 6.74. The number of methoxy groups -OCH3 is 1. The maximum atomic E-state index is 12.2. The Morgan fingerprint density at radius 2 is 1.26 bits per heavy atom. The van der Waals surface area contributed by atoms with Crippen molar-refractivity contribution < 1.29 is 23.4 Å². The van der Waals surface area contributed by atoms with Crippen LogP contribution in [0.15, 0.2) is 103 Å². The summed E-state index contributed by atoms with van der Waals surface area (Å²) in [6.07, 6.45) is 0.465. The van der Waals surface area contributed by atoms with Gasteiger partial charge in [-0.1, -0.05) is 93.6 Å². The second-order valence-electron chi connectivity index (χ2n) is 14.3. The molecule has 0 heterocycles. The van der Waals surface area contributed by atoms with Crippen LogP contribution in [-0.4, -0.2) is 33.5 Å². The van der Waals surface area contributed by atoms with Gasteiger partial charge < -0.3 is 24.0 Å². The predicted molar refractivity (Wildman–Crippen MR) is 193 cm³/mol. The molecule has 1 N–H and O–H groups in total. The monoisotopic (exact) mass is 653 g/mol. The number of nitrogens with one attached hydrogen (secondary N) is 1. The van der Waals surface area contributed by atoms with Crippen molar-refractivity contribution in [2.24, 2.45) is 0 Å². The van der Waals surface area contributed by atoms with Crippen molar-refractivity contribution in [1.29, 1.82) is 0 Å². The van der Waals surface area contributed by atoms with Gasteiger partial charge in [0.1, 0.15) is 24.7 Å². The van der Waals surface area contributed by atoms with Crippen molar-refractivity contribution in [3.05, 3.63) is 131 Å². The third-order valence-electron chi connectivity index (χ3n) is 8.77. The molecular weight excluding hydrogens is 603 g/mol. The molecule has 47 heavy (non-hydrogen) atoms. The lowest BCUT2D eigenvalue weighted by molar-refractivity contribution is 0.0600. The molecular formula is C40H51NO5Si. The molecule has 0 aromatic heterocycles.